The van der Waals surface area contributed by atoms with Crippen molar-refractivity contribution in [2.45, 2.75) is 0 Å². The Balaban J connectivity index is 2.73. The third-order valence-corrected chi connectivity index (χ3v) is 3.45. The number of carbonyl (C=O) groups is 2. The summed E-state index contributed by atoms with van der Waals surface area (Å²) >= 11 is 1.26. The van der Waals surface area contributed by atoms with Crippen LogP contribution in [0.3, 0.4) is 0 Å². The summed E-state index contributed by atoms with van der Waals surface area (Å²) < 4.78 is 6.88. The van der Waals surface area contributed by atoms with E-state index in [1.165, 1.54) is 27.9 Å². The number of benzene rings is 1. The van der Waals surface area contributed by atoms with Crippen molar-refractivity contribution in [2.24, 2.45) is 4.99 Å². The summed E-state index contributed by atoms with van der Waals surface area (Å²) in [7, 11) is 4.49. The Kier molecular flexibility index (Phi) is 3.66. The number of nitrogens with zero attached hydrogens (tertiary/aromatic N) is 3. The van der Waals surface area contributed by atoms with Gasteiger partial charge in [-0.25, -0.2) is 14.2 Å². The molecule has 2 rings (SSSR count). The first-order valence-electron chi connectivity index (χ1n) is 5.49. The molecule has 0 unspecified atom stereocenters. The fourth-order valence-electron chi connectivity index (χ4n) is 1.50. The van der Waals surface area contributed by atoms with Gasteiger partial charge in [0.25, 0.3) is 0 Å². The second-order valence-corrected chi connectivity index (χ2v) is 4.96. The van der Waals surface area contributed by atoms with Crippen LogP contribution in [0.15, 0.2) is 29.3 Å². The average molecular weight is 279 g/mol. The standard InChI is InChI=1S/C12H13N3O3S/c1-14(2)10(16)13-11-15(12(17)18-3)8-6-4-5-7-9(8)19-11/h4-7H,1-3H3. The van der Waals surface area contributed by atoms with Gasteiger partial charge in [-0.05, 0) is 12.1 Å². The van der Waals surface area contributed by atoms with E-state index in [4.69, 9.17) is 4.74 Å². The summed E-state index contributed by atoms with van der Waals surface area (Å²) in [5, 5.41) is 0. The molecule has 0 atom stereocenters. The molecule has 19 heavy (non-hydrogen) atoms. The van der Waals surface area contributed by atoms with Crippen molar-refractivity contribution < 1.29 is 14.3 Å². The lowest BCUT2D eigenvalue weighted by atomic mass is 10.3. The van der Waals surface area contributed by atoms with Crippen LogP contribution in [0.5, 0.6) is 0 Å². The van der Waals surface area contributed by atoms with E-state index in [9.17, 15) is 9.59 Å². The third kappa shape index (κ3) is 2.50. The van der Waals surface area contributed by atoms with Crippen LogP contribution in [0.4, 0.5) is 9.59 Å². The highest BCUT2D eigenvalue weighted by atomic mass is 32.1. The molecule has 0 aliphatic heterocycles. The quantitative estimate of drug-likeness (QED) is 0.740. The summed E-state index contributed by atoms with van der Waals surface area (Å²) in [6.07, 6.45) is -0.567. The highest BCUT2D eigenvalue weighted by molar-refractivity contribution is 7.16. The van der Waals surface area contributed by atoms with Crippen LogP contribution in [0, 0.1) is 0 Å². The summed E-state index contributed by atoms with van der Waals surface area (Å²) in [5.74, 6) is 0. The van der Waals surface area contributed by atoms with Gasteiger partial charge >= 0.3 is 12.1 Å². The van der Waals surface area contributed by atoms with E-state index in [0.717, 1.165) is 4.70 Å². The number of rotatable bonds is 0. The zero-order valence-electron chi connectivity index (χ0n) is 10.8. The highest BCUT2D eigenvalue weighted by Gasteiger charge is 2.14. The maximum atomic E-state index is 11.8. The molecule has 0 fully saturated rings. The minimum atomic E-state index is -0.567. The molecule has 1 aromatic carbocycles. The fraction of sp³-hybridized carbons (Fsp3) is 0.250. The molecular weight excluding hydrogens is 266 g/mol. The van der Waals surface area contributed by atoms with Crippen molar-refractivity contribution in [2.75, 3.05) is 21.2 Å². The minimum absolute atomic E-state index is 0.298. The number of ether oxygens (including phenoxy) is 1. The number of fused-ring (bicyclic) bond motifs is 1. The third-order valence-electron chi connectivity index (χ3n) is 2.43. The zero-order chi connectivity index (χ0) is 14.0. The maximum absolute atomic E-state index is 11.8. The van der Waals surface area contributed by atoms with Crippen molar-refractivity contribution in [1.29, 1.82) is 0 Å². The lowest BCUT2D eigenvalue weighted by Crippen LogP contribution is -2.27. The van der Waals surface area contributed by atoms with E-state index in [2.05, 4.69) is 4.99 Å². The van der Waals surface area contributed by atoms with Crippen LogP contribution in [0.2, 0.25) is 0 Å². The van der Waals surface area contributed by atoms with Gasteiger partial charge in [-0.2, -0.15) is 4.99 Å². The second-order valence-electron chi connectivity index (χ2n) is 3.95. The summed E-state index contributed by atoms with van der Waals surface area (Å²) in [5.41, 5.74) is 0.671. The lowest BCUT2D eigenvalue weighted by Gasteiger charge is -2.04. The van der Waals surface area contributed by atoms with Gasteiger partial charge in [0.05, 0.1) is 17.3 Å². The van der Waals surface area contributed by atoms with Gasteiger partial charge in [0.1, 0.15) is 0 Å². The number of aromatic nitrogens is 1. The monoisotopic (exact) mass is 279 g/mol. The van der Waals surface area contributed by atoms with E-state index in [1.807, 2.05) is 18.2 Å². The molecule has 1 heterocycles. The number of carbonyl (C=O) groups excluding carboxylic acids is 2. The van der Waals surface area contributed by atoms with Crippen LogP contribution in [0.25, 0.3) is 10.2 Å². The SMILES string of the molecule is COC(=O)n1c(=NC(=O)N(C)C)sc2ccccc21. The van der Waals surface area contributed by atoms with Crippen molar-refractivity contribution in [3.8, 4) is 0 Å². The van der Waals surface area contributed by atoms with Crippen LogP contribution >= 0.6 is 11.3 Å². The highest BCUT2D eigenvalue weighted by Crippen LogP contribution is 2.16. The van der Waals surface area contributed by atoms with Gasteiger partial charge in [-0.1, -0.05) is 23.5 Å². The number of amides is 2. The largest absolute Gasteiger partial charge is 0.452 e. The molecule has 0 radical (unpaired) electrons. The minimum Gasteiger partial charge on any atom is -0.452 e. The number of methoxy groups -OCH3 is 1. The second kappa shape index (κ2) is 5.23. The maximum Gasteiger partial charge on any atom is 0.420 e. The Labute approximate surface area is 113 Å². The number of thiazole rings is 1. The average Bonchev–Trinajstić information content (AvgIpc) is 2.75. The van der Waals surface area contributed by atoms with Crippen molar-refractivity contribution >= 4 is 33.7 Å². The molecule has 0 saturated carbocycles. The first-order valence-corrected chi connectivity index (χ1v) is 6.31. The topological polar surface area (TPSA) is 63.9 Å². The van der Waals surface area contributed by atoms with Gasteiger partial charge in [0.15, 0.2) is 0 Å². The molecular formula is C12H13N3O3S. The van der Waals surface area contributed by atoms with E-state index in [-0.39, 0.29) is 0 Å². The van der Waals surface area contributed by atoms with Gasteiger partial charge in [-0.3, -0.25) is 0 Å². The molecule has 7 heteroatoms. The lowest BCUT2D eigenvalue weighted by molar-refractivity contribution is 0.173. The molecule has 0 aliphatic rings. The van der Waals surface area contributed by atoms with Crippen LogP contribution in [-0.2, 0) is 4.74 Å². The number of para-hydroxylation sites is 1. The molecule has 0 saturated heterocycles. The number of urea groups is 1. The fourth-order valence-corrected chi connectivity index (χ4v) is 2.49. The molecule has 1 aromatic heterocycles. The first kappa shape index (κ1) is 13.3. The summed E-state index contributed by atoms with van der Waals surface area (Å²) in [4.78, 5) is 29.0. The Morgan fingerprint density at radius 2 is 2.00 bits per heavy atom. The van der Waals surface area contributed by atoms with E-state index in [1.54, 1.807) is 20.2 Å². The first-order chi connectivity index (χ1) is 9.04. The Bertz CT molecular complexity index is 700. The summed E-state index contributed by atoms with van der Waals surface area (Å²) in [6.45, 7) is 0. The van der Waals surface area contributed by atoms with Crippen LogP contribution in [-0.4, -0.2) is 42.8 Å². The van der Waals surface area contributed by atoms with Crippen LogP contribution in [0.1, 0.15) is 0 Å². The molecule has 0 spiro atoms. The smallest absolute Gasteiger partial charge is 0.420 e. The van der Waals surface area contributed by atoms with Gasteiger partial charge in [-0.15, -0.1) is 0 Å². The normalized spacial score (nSPS) is 11.6. The molecule has 6 nitrogen and oxygen atoms in total. The Morgan fingerprint density at radius 1 is 1.32 bits per heavy atom. The Hall–Kier alpha value is -2.15. The molecule has 2 amide bonds. The predicted molar refractivity (Wildman–Crippen MR) is 72.3 cm³/mol. The molecule has 0 bridgehead atoms. The van der Waals surface area contributed by atoms with E-state index in [0.29, 0.717) is 10.3 Å². The van der Waals surface area contributed by atoms with Crippen molar-refractivity contribution in [3.05, 3.63) is 29.1 Å². The molecule has 100 valence electrons. The van der Waals surface area contributed by atoms with Crippen molar-refractivity contribution in [3.63, 3.8) is 0 Å². The van der Waals surface area contributed by atoms with E-state index >= 15 is 0 Å². The zero-order valence-corrected chi connectivity index (χ0v) is 11.6. The van der Waals surface area contributed by atoms with E-state index < -0.39 is 12.1 Å². The molecule has 0 aliphatic carbocycles. The van der Waals surface area contributed by atoms with Crippen LogP contribution < -0.4 is 4.80 Å². The number of hydrogen-bond donors (Lipinski definition) is 0. The number of hydrogen-bond acceptors (Lipinski definition) is 4. The summed E-state index contributed by atoms with van der Waals surface area (Å²) in [6, 6.07) is 6.88. The van der Waals surface area contributed by atoms with Gasteiger partial charge in [0.2, 0.25) is 4.80 Å². The predicted octanol–water partition coefficient (Wildman–Crippen LogP) is 1.90. The van der Waals surface area contributed by atoms with Gasteiger partial charge < -0.3 is 9.64 Å². The van der Waals surface area contributed by atoms with Gasteiger partial charge in [0, 0.05) is 14.1 Å². The van der Waals surface area contributed by atoms with Crippen molar-refractivity contribution in [1.82, 2.24) is 9.47 Å². The Morgan fingerprint density at radius 3 is 2.63 bits per heavy atom. The molecule has 0 N–H and O–H groups in total. The molecule has 2 aromatic rings.